The minimum atomic E-state index is -0.0694. The normalized spacial score (nSPS) is 14.7. The van der Waals surface area contributed by atoms with Gasteiger partial charge in [0.25, 0.3) is 5.91 Å². The third-order valence-electron chi connectivity index (χ3n) is 7.72. The van der Waals surface area contributed by atoms with Gasteiger partial charge in [-0.1, -0.05) is 96.7 Å². The Kier molecular flexibility index (Phi) is 10.1. The molecule has 1 fully saturated rings. The fraction of sp³-hybridized carbons (Fsp3) is 0.286. The van der Waals surface area contributed by atoms with Crippen LogP contribution in [0.15, 0.2) is 96.2 Å². The van der Waals surface area contributed by atoms with Crippen molar-refractivity contribution in [2.24, 2.45) is 0 Å². The topological polar surface area (TPSA) is 61.4 Å². The van der Waals surface area contributed by atoms with Crippen molar-refractivity contribution in [2.75, 3.05) is 37.6 Å². The molecule has 3 aromatic carbocycles. The van der Waals surface area contributed by atoms with Crippen molar-refractivity contribution in [3.63, 3.8) is 0 Å². The van der Waals surface area contributed by atoms with Crippen molar-refractivity contribution in [3.8, 4) is 0 Å². The van der Waals surface area contributed by atoms with E-state index in [1.165, 1.54) is 5.56 Å². The van der Waals surface area contributed by atoms with Gasteiger partial charge in [-0.05, 0) is 49.6 Å². The van der Waals surface area contributed by atoms with Crippen LogP contribution in [-0.4, -0.2) is 53.5 Å². The van der Waals surface area contributed by atoms with E-state index in [1.54, 1.807) is 11.8 Å². The molecule has 1 aromatic heterocycles. The van der Waals surface area contributed by atoms with Crippen LogP contribution in [0.3, 0.4) is 0 Å². The van der Waals surface area contributed by atoms with Crippen molar-refractivity contribution in [1.29, 1.82) is 0 Å². The van der Waals surface area contributed by atoms with Gasteiger partial charge in [0, 0.05) is 55.3 Å². The van der Waals surface area contributed by atoms with E-state index in [1.807, 2.05) is 67.6 Å². The number of aromatic nitrogens is 2. The number of anilines is 1. The highest BCUT2D eigenvalue weighted by atomic mass is 32.2. The molecule has 0 saturated carbocycles. The molecule has 1 N–H and O–H groups in total. The fourth-order valence-corrected chi connectivity index (χ4v) is 5.85. The van der Waals surface area contributed by atoms with Gasteiger partial charge in [-0.15, -0.1) is 0 Å². The summed E-state index contributed by atoms with van der Waals surface area (Å²) in [6.45, 7) is 11.1. The molecule has 0 radical (unpaired) electrons. The average Bonchev–Trinajstić information content (AvgIpc) is 3.03. The van der Waals surface area contributed by atoms with Crippen molar-refractivity contribution in [1.82, 2.24) is 20.2 Å². The van der Waals surface area contributed by atoms with Gasteiger partial charge in [-0.2, -0.15) is 0 Å². The van der Waals surface area contributed by atoms with Gasteiger partial charge in [0.05, 0.1) is 6.04 Å². The number of hydrogen-bond donors (Lipinski definition) is 1. The third-order valence-corrected chi connectivity index (χ3v) is 8.64. The number of carbonyl (C=O) groups is 1. The standard InChI is InChI=1S/C35H39N5OS/c1-26-27(2)37-35(38-33(26)40-23-21-39(22-24-40)20-10-13-29-11-6-4-7-12-29)42-25-30-16-18-32(19-17-30)34(41)36-28(3)31-14-8-5-9-15-31/h4-19,28H,20-25H2,1-3H3,(H,36,41)/b13-10+/t28-/m0/s1. The van der Waals surface area contributed by atoms with E-state index in [4.69, 9.17) is 9.97 Å². The average molecular weight is 578 g/mol. The minimum Gasteiger partial charge on any atom is -0.354 e. The van der Waals surface area contributed by atoms with Gasteiger partial charge in [-0.3, -0.25) is 9.69 Å². The maximum atomic E-state index is 12.8. The molecule has 1 aliphatic rings. The first-order chi connectivity index (χ1) is 20.5. The van der Waals surface area contributed by atoms with E-state index >= 15 is 0 Å². The molecular weight excluding hydrogens is 538 g/mol. The number of amides is 1. The second-order valence-electron chi connectivity index (χ2n) is 10.7. The fourth-order valence-electron chi connectivity index (χ4n) is 5.01. The molecule has 1 aliphatic heterocycles. The summed E-state index contributed by atoms with van der Waals surface area (Å²) in [5.41, 5.74) is 6.29. The van der Waals surface area contributed by atoms with Crippen LogP contribution in [0.2, 0.25) is 0 Å². The molecule has 216 valence electrons. The number of carbonyl (C=O) groups excluding carboxylic acids is 1. The van der Waals surface area contributed by atoms with Crippen LogP contribution in [0.25, 0.3) is 6.08 Å². The minimum absolute atomic E-state index is 0.0514. The summed E-state index contributed by atoms with van der Waals surface area (Å²) in [4.78, 5) is 27.4. The number of hydrogen-bond acceptors (Lipinski definition) is 6. The van der Waals surface area contributed by atoms with Crippen LogP contribution in [0.4, 0.5) is 5.82 Å². The molecule has 1 amide bonds. The number of thioether (sulfide) groups is 1. The molecule has 1 saturated heterocycles. The van der Waals surface area contributed by atoms with Gasteiger partial charge >= 0.3 is 0 Å². The second-order valence-corrected chi connectivity index (χ2v) is 11.7. The molecule has 0 aliphatic carbocycles. The first-order valence-corrected chi connectivity index (χ1v) is 15.6. The molecule has 0 spiro atoms. The molecule has 0 bridgehead atoms. The van der Waals surface area contributed by atoms with E-state index in [-0.39, 0.29) is 11.9 Å². The molecule has 0 unspecified atom stereocenters. The quantitative estimate of drug-likeness (QED) is 0.167. The molecule has 5 rings (SSSR count). The summed E-state index contributed by atoms with van der Waals surface area (Å²) in [5.74, 6) is 1.72. The molecule has 2 heterocycles. The Balaban J connectivity index is 1.14. The lowest BCUT2D eigenvalue weighted by Gasteiger charge is -2.35. The van der Waals surface area contributed by atoms with E-state index < -0.39 is 0 Å². The molecule has 1 atom stereocenters. The summed E-state index contributed by atoms with van der Waals surface area (Å²) in [7, 11) is 0. The zero-order valence-electron chi connectivity index (χ0n) is 24.7. The number of aryl methyl sites for hydroxylation is 1. The van der Waals surface area contributed by atoms with Gasteiger partial charge in [0.1, 0.15) is 5.82 Å². The first kappa shape index (κ1) is 29.5. The van der Waals surface area contributed by atoms with Crippen LogP contribution in [-0.2, 0) is 5.75 Å². The Morgan fingerprint density at radius 3 is 2.26 bits per heavy atom. The van der Waals surface area contributed by atoms with E-state index in [0.29, 0.717) is 5.56 Å². The van der Waals surface area contributed by atoms with Gasteiger partial charge in [0.15, 0.2) is 5.16 Å². The highest BCUT2D eigenvalue weighted by Crippen LogP contribution is 2.27. The maximum Gasteiger partial charge on any atom is 0.251 e. The van der Waals surface area contributed by atoms with Gasteiger partial charge < -0.3 is 10.2 Å². The van der Waals surface area contributed by atoms with Crippen molar-refractivity contribution < 1.29 is 4.79 Å². The Morgan fingerprint density at radius 1 is 0.905 bits per heavy atom. The zero-order valence-corrected chi connectivity index (χ0v) is 25.5. The smallest absolute Gasteiger partial charge is 0.251 e. The zero-order chi connectivity index (χ0) is 29.3. The Hall–Kier alpha value is -3.94. The number of piperazine rings is 1. The number of nitrogens with zero attached hydrogens (tertiary/aromatic N) is 4. The monoisotopic (exact) mass is 577 g/mol. The summed E-state index contributed by atoms with van der Waals surface area (Å²) < 4.78 is 0. The van der Waals surface area contributed by atoms with Crippen LogP contribution in [0.1, 0.15) is 51.3 Å². The summed E-state index contributed by atoms with van der Waals surface area (Å²) in [6.07, 6.45) is 4.45. The number of benzene rings is 3. The van der Waals surface area contributed by atoms with Crippen LogP contribution in [0.5, 0.6) is 0 Å². The van der Waals surface area contributed by atoms with Crippen molar-refractivity contribution >= 4 is 29.6 Å². The lowest BCUT2D eigenvalue weighted by Crippen LogP contribution is -2.47. The van der Waals surface area contributed by atoms with Crippen LogP contribution < -0.4 is 10.2 Å². The molecule has 6 nitrogen and oxygen atoms in total. The van der Waals surface area contributed by atoms with Crippen LogP contribution in [0, 0.1) is 13.8 Å². The van der Waals surface area contributed by atoms with E-state index in [0.717, 1.165) is 71.8 Å². The SMILES string of the molecule is Cc1nc(SCc2ccc(C(=O)N[C@@H](C)c3ccccc3)cc2)nc(N2CCN(C/C=C/c3ccccc3)CC2)c1C. The van der Waals surface area contributed by atoms with Gasteiger partial charge in [-0.25, -0.2) is 9.97 Å². The Labute approximate surface area is 253 Å². The van der Waals surface area contributed by atoms with Gasteiger partial charge in [0.2, 0.25) is 0 Å². The highest BCUT2D eigenvalue weighted by molar-refractivity contribution is 7.98. The van der Waals surface area contributed by atoms with E-state index in [9.17, 15) is 4.79 Å². The van der Waals surface area contributed by atoms with Crippen molar-refractivity contribution in [3.05, 3.63) is 125 Å². The predicted molar refractivity (Wildman–Crippen MR) is 174 cm³/mol. The lowest BCUT2D eigenvalue weighted by atomic mass is 10.1. The lowest BCUT2D eigenvalue weighted by molar-refractivity contribution is 0.0940. The molecule has 7 heteroatoms. The summed E-state index contributed by atoms with van der Waals surface area (Å²) >= 11 is 1.64. The first-order valence-electron chi connectivity index (χ1n) is 14.6. The molecular formula is C35H39N5OS. The summed E-state index contributed by atoms with van der Waals surface area (Å²) in [6, 6.07) is 28.2. The predicted octanol–water partition coefficient (Wildman–Crippen LogP) is 6.71. The number of nitrogens with one attached hydrogen (secondary N) is 1. The number of rotatable bonds is 10. The maximum absolute atomic E-state index is 12.8. The Bertz CT molecular complexity index is 1480. The molecule has 4 aromatic rings. The third kappa shape index (κ3) is 7.87. The highest BCUT2D eigenvalue weighted by Gasteiger charge is 2.21. The second kappa shape index (κ2) is 14.3. The summed E-state index contributed by atoms with van der Waals surface area (Å²) in [5, 5.41) is 3.87. The van der Waals surface area contributed by atoms with Crippen LogP contribution >= 0.6 is 11.8 Å². The van der Waals surface area contributed by atoms with Crippen molar-refractivity contribution in [2.45, 2.75) is 37.7 Å². The largest absolute Gasteiger partial charge is 0.354 e. The van der Waals surface area contributed by atoms with E-state index in [2.05, 4.69) is 65.4 Å². The Morgan fingerprint density at radius 2 is 1.57 bits per heavy atom. The molecule has 42 heavy (non-hydrogen) atoms.